The minimum absolute atomic E-state index is 0.699. The third kappa shape index (κ3) is 5.63. The molecular weight excluding hydrogens is 349 g/mol. The first-order valence-corrected chi connectivity index (χ1v) is 8.45. The summed E-state index contributed by atoms with van der Waals surface area (Å²) in [6, 6.07) is 0. The van der Waals surface area contributed by atoms with Crippen molar-refractivity contribution in [2.24, 2.45) is 5.92 Å². The van der Waals surface area contributed by atoms with Gasteiger partial charge in [0.05, 0.1) is 9.26 Å². The molecule has 0 aliphatic rings. The first-order chi connectivity index (χ1) is 9.08. The van der Waals surface area contributed by atoms with E-state index in [-0.39, 0.29) is 0 Å². The highest BCUT2D eigenvalue weighted by Crippen LogP contribution is 2.21. The van der Waals surface area contributed by atoms with Crippen molar-refractivity contribution in [3.05, 3.63) is 15.1 Å². The van der Waals surface area contributed by atoms with Gasteiger partial charge in [-0.2, -0.15) is 0 Å². The highest BCUT2D eigenvalue weighted by atomic mass is 127. The maximum atomic E-state index is 4.74. The van der Waals surface area contributed by atoms with E-state index in [9.17, 15) is 0 Å². The average Bonchev–Trinajstić information content (AvgIpc) is 2.38. The fraction of sp³-hybridized carbons (Fsp3) is 0.733. The Labute approximate surface area is 131 Å². The van der Waals surface area contributed by atoms with Gasteiger partial charge in [0.15, 0.2) is 0 Å². The van der Waals surface area contributed by atoms with E-state index in [1.807, 2.05) is 0 Å². The van der Waals surface area contributed by atoms with Crippen molar-refractivity contribution in [1.82, 2.24) is 9.97 Å². The molecular formula is C15H26IN3. The first kappa shape index (κ1) is 16.7. The molecule has 0 amide bonds. The van der Waals surface area contributed by atoms with Crippen LogP contribution in [0.5, 0.6) is 0 Å². The number of nitrogens with one attached hydrogen (secondary N) is 1. The Morgan fingerprint density at radius 1 is 1.11 bits per heavy atom. The van der Waals surface area contributed by atoms with Crippen LogP contribution in [0.2, 0.25) is 0 Å². The molecule has 0 fully saturated rings. The van der Waals surface area contributed by atoms with Crippen LogP contribution >= 0.6 is 22.6 Å². The molecule has 0 bridgehead atoms. The third-order valence-corrected chi connectivity index (χ3v) is 4.07. The van der Waals surface area contributed by atoms with Crippen LogP contribution in [0.4, 0.5) is 5.82 Å². The Hall–Kier alpha value is -0.390. The summed E-state index contributed by atoms with van der Waals surface area (Å²) in [6.45, 7) is 9.84. The topological polar surface area (TPSA) is 37.8 Å². The minimum atomic E-state index is 0.699. The van der Waals surface area contributed by atoms with E-state index in [0.29, 0.717) is 5.92 Å². The number of hydrogen-bond donors (Lipinski definition) is 1. The molecule has 1 heterocycles. The molecule has 0 aliphatic heterocycles. The maximum absolute atomic E-state index is 4.74. The fourth-order valence-electron chi connectivity index (χ4n) is 1.84. The van der Waals surface area contributed by atoms with E-state index >= 15 is 0 Å². The SMILES string of the molecule is CCCNc1nc(CCC(C)C)nc(CCC)c1I. The van der Waals surface area contributed by atoms with Gasteiger partial charge in [0.1, 0.15) is 11.6 Å². The van der Waals surface area contributed by atoms with Crippen LogP contribution in [-0.2, 0) is 12.8 Å². The third-order valence-electron chi connectivity index (χ3n) is 2.94. The molecule has 0 saturated heterocycles. The molecule has 0 spiro atoms. The second kappa shape index (κ2) is 8.72. The molecule has 0 radical (unpaired) electrons. The quantitative estimate of drug-likeness (QED) is 0.683. The molecule has 1 N–H and O–H groups in total. The van der Waals surface area contributed by atoms with Gasteiger partial charge in [-0.3, -0.25) is 0 Å². The van der Waals surface area contributed by atoms with E-state index in [4.69, 9.17) is 9.97 Å². The Bertz CT molecular complexity index is 391. The zero-order chi connectivity index (χ0) is 14.3. The summed E-state index contributed by atoms with van der Waals surface area (Å²) >= 11 is 2.37. The van der Waals surface area contributed by atoms with E-state index in [1.54, 1.807) is 0 Å². The molecule has 108 valence electrons. The van der Waals surface area contributed by atoms with Crippen molar-refractivity contribution in [2.45, 2.75) is 59.8 Å². The number of rotatable bonds is 8. The first-order valence-electron chi connectivity index (χ1n) is 7.37. The summed E-state index contributed by atoms with van der Waals surface area (Å²) in [6.07, 6.45) is 5.41. The number of halogens is 1. The zero-order valence-corrected chi connectivity index (χ0v) is 14.7. The Morgan fingerprint density at radius 2 is 1.84 bits per heavy atom. The largest absolute Gasteiger partial charge is 0.369 e. The van der Waals surface area contributed by atoms with Crippen LogP contribution in [0.15, 0.2) is 0 Å². The lowest BCUT2D eigenvalue weighted by Gasteiger charge is -2.13. The number of aryl methyl sites for hydroxylation is 2. The van der Waals surface area contributed by atoms with Gasteiger partial charge in [-0.25, -0.2) is 9.97 Å². The van der Waals surface area contributed by atoms with Crippen molar-refractivity contribution < 1.29 is 0 Å². The van der Waals surface area contributed by atoms with Crippen molar-refractivity contribution in [3.63, 3.8) is 0 Å². The van der Waals surface area contributed by atoms with E-state index < -0.39 is 0 Å². The predicted molar refractivity (Wildman–Crippen MR) is 90.7 cm³/mol. The highest BCUT2D eigenvalue weighted by molar-refractivity contribution is 14.1. The molecule has 0 saturated carbocycles. The normalized spacial score (nSPS) is 11.1. The summed E-state index contributed by atoms with van der Waals surface area (Å²) < 4.78 is 1.20. The van der Waals surface area contributed by atoms with Gasteiger partial charge in [-0.1, -0.05) is 34.1 Å². The van der Waals surface area contributed by atoms with Crippen molar-refractivity contribution in [3.8, 4) is 0 Å². The minimum Gasteiger partial charge on any atom is -0.369 e. The number of anilines is 1. The molecule has 0 atom stereocenters. The Kier molecular flexibility index (Phi) is 7.64. The molecule has 1 rings (SSSR count). The number of hydrogen-bond acceptors (Lipinski definition) is 3. The second-order valence-corrected chi connectivity index (χ2v) is 6.44. The lowest BCUT2D eigenvalue weighted by molar-refractivity contribution is 0.573. The standard InChI is InChI=1S/C15H26IN3/c1-5-7-12-14(16)15(17-10-6-2)19-13(18-12)9-8-11(3)4/h11H,5-10H2,1-4H3,(H,17,18,19). The smallest absolute Gasteiger partial charge is 0.143 e. The Balaban J connectivity index is 2.93. The van der Waals surface area contributed by atoms with Gasteiger partial charge in [0.2, 0.25) is 0 Å². The van der Waals surface area contributed by atoms with Gasteiger partial charge in [0.25, 0.3) is 0 Å². The van der Waals surface area contributed by atoms with Crippen LogP contribution in [0, 0.1) is 9.49 Å². The van der Waals surface area contributed by atoms with Gasteiger partial charge in [-0.05, 0) is 47.8 Å². The number of nitrogens with zero attached hydrogens (tertiary/aromatic N) is 2. The molecule has 0 aromatic carbocycles. The lowest BCUT2D eigenvalue weighted by Crippen LogP contribution is -2.11. The van der Waals surface area contributed by atoms with Crippen LogP contribution in [0.3, 0.4) is 0 Å². The molecule has 4 heteroatoms. The van der Waals surface area contributed by atoms with Crippen LogP contribution in [0.1, 0.15) is 58.5 Å². The lowest BCUT2D eigenvalue weighted by atomic mass is 10.1. The predicted octanol–water partition coefficient (Wildman–Crippen LogP) is 4.44. The molecule has 19 heavy (non-hydrogen) atoms. The summed E-state index contributed by atoms with van der Waals surface area (Å²) in [5, 5.41) is 3.43. The molecule has 3 nitrogen and oxygen atoms in total. The summed E-state index contributed by atoms with van der Waals surface area (Å²) in [5.41, 5.74) is 1.20. The maximum Gasteiger partial charge on any atom is 0.143 e. The molecule has 0 aliphatic carbocycles. The van der Waals surface area contributed by atoms with Crippen molar-refractivity contribution in [2.75, 3.05) is 11.9 Å². The molecule has 1 aromatic heterocycles. The second-order valence-electron chi connectivity index (χ2n) is 5.36. The fourth-order valence-corrected chi connectivity index (χ4v) is 2.54. The van der Waals surface area contributed by atoms with Gasteiger partial charge in [-0.15, -0.1) is 0 Å². The number of aromatic nitrogens is 2. The van der Waals surface area contributed by atoms with Crippen molar-refractivity contribution in [1.29, 1.82) is 0 Å². The van der Waals surface area contributed by atoms with Crippen LogP contribution < -0.4 is 5.32 Å². The van der Waals surface area contributed by atoms with E-state index in [1.165, 1.54) is 9.26 Å². The summed E-state index contributed by atoms with van der Waals surface area (Å²) in [7, 11) is 0. The average molecular weight is 375 g/mol. The van der Waals surface area contributed by atoms with Crippen molar-refractivity contribution >= 4 is 28.4 Å². The molecule has 0 unspecified atom stereocenters. The highest BCUT2D eigenvalue weighted by Gasteiger charge is 2.11. The van der Waals surface area contributed by atoms with E-state index in [0.717, 1.165) is 50.3 Å². The zero-order valence-electron chi connectivity index (χ0n) is 12.6. The molecule has 1 aromatic rings. The van der Waals surface area contributed by atoms with Gasteiger partial charge >= 0.3 is 0 Å². The van der Waals surface area contributed by atoms with Crippen LogP contribution in [0.25, 0.3) is 0 Å². The Morgan fingerprint density at radius 3 is 2.42 bits per heavy atom. The summed E-state index contributed by atoms with van der Waals surface area (Å²) in [5.74, 6) is 2.72. The van der Waals surface area contributed by atoms with E-state index in [2.05, 4.69) is 55.6 Å². The van der Waals surface area contributed by atoms with Crippen LogP contribution in [-0.4, -0.2) is 16.5 Å². The van der Waals surface area contributed by atoms with Gasteiger partial charge in [0, 0.05) is 13.0 Å². The monoisotopic (exact) mass is 375 g/mol. The van der Waals surface area contributed by atoms with Gasteiger partial charge < -0.3 is 5.32 Å². The summed E-state index contributed by atoms with van der Waals surface area (Å²) in [4.78, 5) is 9.44.